The Morgan fingerprint density at radius 2 is 1.86 bits per heavy atom. The minimum Gasteiger partial charge on any atom is -0.292 e. The van der Waals surface area contributed by atoms with Crippen molar-refractivity contribution in [1.82, 2.24) is 9.71 Å². The van der Waals surface area contributed by atoms with Crippen molar-refractivity contribution in [2.45, 2.75) is 11.1 Å². The highest BCUT2D eigenvalue weighted by Gasteiger charge is 2.29. The molecule has 3 nitrogen and oxygen atoms in total. The van der Waals surface area contributed by atoms with Crippen molar-refractivity contribution in [3.63, 3.8) is 0 Å². The van der Waals surface area contributed by atoms with Crippen molar-refractivity contribution >= 4 is 29.5 Å². The fourth-order valence-electron chi connectivity index (χ4n) is 1.43. The van der Waals surface area contributed by atoms with Gasteiger partial charge in [-0.15, -0.1) is 0 Å². The molecule has 1 N–H and O–H groups in total. The van der Waals surface area contributed by atoms with Crippen molar-refractivity contribution in [3.8, 4) is 0 Å². The van der Waals surface area contributed by atoms with Gasteiger partial charge in [0, 0.05) is 17.3 Å². The van der Waals surface area contributed by atoms with Crippen molar-refractivity contribution in [3.05, 3.63) is 58.9 Å². The first-order valence-corrected chi connectivity index (χ1v) is 6.81. The average Bonchev–Trinajstić information content (AvgIpc) is 2.45. The molecule has 0 bridgehead atoms. The van der Waals surface area contributed by atoms with Gasteiger partial charge in [0.25, 0.3) is 5.91 Å². The molecule has 8 heteroatoms. The number of hydrogen-bond acceptors (Lipinski definition) is 3. The maximum atomic E-state index is 12.4. The molecule has 0 aliphatic rings. The zero-order chi connectivity index (χ0) is 15.5. The van der Waals surface area contributed by atoms with Crippen LogP contribution in [0.25, 0.3) is 0 Å². The minimum atomic E-state index is -4.38. The van der Waals surface area contributed by atoms with Crippen molar-refractivity contribution in [1.29, 1.82) is 0 Å². The molecule has 0 aliphatic carbocycles. The molecule has 0 radical (unpaired) electrons. The quantitative estimate of drug-likeness (QED) is 0.857. The van der Waals surface area contributed by atoms with Crippen LogP contribution in [0.4, 0.5) is 13.2 Å². The van der Waals surface area contributed by atoms with E-state index in [1.54, 1.807) is 0 Å². The standard InChI is InChI=1S/C13H8ClF3N2OS/c14-11-7-18-6-5-10(11)12(20)19-21-9-3-1-8(2-4-9)13(15,16)17/h1-7H,(H,19,20). The summed E-state index contributed by atoms with van der Waals surface area (Å²) in [4.78, 5) is 16.1. The number of aromatic nitrogens is 1. The third kappa shape index (κ3) is 4.12. The van der Waals surface area contributed by atoms with Crippen LogP contribution in [0.2, 0.25) is 5.02 Å². The Labute approximate surface area is 127 Å². The van der Waals surface area contributed by atoms with Crippen LogP contribution >= 0.6 is 23.5 Å². The van der Waals surface area contributed by atoms with Gasteiger partial charge < -0.3 is 0 Å². The Morgan fingerprint density at radius 3 is 2.43 bits per heavy atom. The van der Waals surface area contributed by atoms with Crippen LogP contribution in [0.3, 0.4) is 0 Å². The SMILES string of the molecule is O=C(NSc1ccc(C(F)(F)F)cc1)c1ccncc1Cl. The van der Waals surface area contributed by atoms with Gasteiger partial charge in [-0.1, -0.05) is 11.6 Å². The number of hydrogen-bond donors (Lipinski definition) is 1. The Morgan fingerprint density at radius 1 is 1.19 bits per heavy atom. The summed E-state index contributed by atoms with van der Waals surface area (Å²) >= 11 is 6.72. The summed E-state index contributed by atoms with van der Waals surface area (Å²) in [5, 5.41) is 0.197. The molecule has 2 rings (SSSR count). The van der Waals surface area contributed by atoms with Crippen molar-refractivity contribution in [2.24, 2.45) is 0 Å². The Kier molecular flexibility index (Phi) is 4.74. The van der Waals surface area contributed by atoms with Gasteiger partial charge in [0.1, 0.15) is 0 Å². The van der Waals surface area contributed by atoms with Gasteiger partial charge in [0.05, 0.1) is 16.1 Å². The van der Waals surface area contributed by atoms with Crippen molar-refractivity contribution < 1.29 is 18.0 Å². The number of carbonyl (C=O) groups excluding carboxylic acids is 1. The zero-order valence-corrected chi connectivity index (χ0v) is 11.9. The van der Waals surface area contributed by atoms with Gasteiger partial charge in [-0.05, 0) is 42.3 Å². The molecule has 0 atom stereocenters. The molecule has 110 valence electrons. The molecule has 0 saturated carbocycles. The molecule has 1 amide bonds. The van der Waals surface area contributed by atoms with E-state index < -0.39 is 17.6 Å². The summed E-state index contributed by atoms with van der Waals surface area (Å²) in [5.41, 5.74) is -0.499. The first-order chi connectivity index (χ1) is 9.88. The lowest BCUT2D eigenvalue weighted by Crippen LogP contribution is -2.16. The third-order valence-electron chi connectivity index (χ3n) is 2.46. The maximum Gasteiger partial charge on any atom is 0.416 e. The number of amides is 1. The number of alkyl halides is 3. The maximum absolute atomic E-state index is 12.4. The van der Waals surface area contributed by atoms with Gasteiger partial charge in [0.15, 0.2) is 0 Å². The molecule has 0 aliphatic heterocycles. The highest BCUT2D eigenvalue weighted by atomic mass is 35.5. The summed E-state index contributed by atoms with van der Waals surface area (Å²) < 4.78 is 39.7. The second kappa shape index (κ2) is 6.36. The molecular formula is C13H8ClF3N2OS. The molecule has 0 spiro atoms. The van der Waals surface area contributed by atoms with E-state index in [9.17, 15) is 18.0 Å². The topological polar surface area (TPSA) is 42.0 Å². The second-order valence-corrected chi connectivity index (χ2v) is 5.20. The molecule has 0 fully saturated rings. The lowest BCUT2D eigenvalue weighted by atomic mass is 10.2. The third-order valence-corrected chi connectivity index (χ3v) is 3.56. The first-order valence-electron chi connectivity index (χ1n) is 5.62. The predicted molar refractivity (Wildman–Crippen MR) is 74.0 cm³/mol. The lowest BCUT2D eigenvalue weighted by molar-refractivity contribution is -0.137. The number of halogens is 4. The van der Waals surface area contributed by atoms with Gasteiger partial charge in [-0.3, -0.25) is 14.5 Å². The van der Waals surface area contributed by atoms with Crippen LogP contribution in [0.15, 0.2) is 47.6 Å². The Bertz CT molecular complexity index is 647. The average molecular weight is 333 g/mol. The molecule has 1 aromatic heterocycles. The molecular weight excluding hydrogens is 325 g/mol. The van der Waals surface area contributed by atoms with Crippen LogP contribution in [-0.2, 0) is 6.18 Å². The smallest absolute Gasteiger partial charge is 0.292 e. The molecule has 0 saturated heterocycles. The van der Waals surface area contributed by atoms with E-state index in [0.717, 1.165) is 24.1 Å². The number of benzene rings is 1. The largest absolute Gasteiger partial charge is 0.416 e. The van der Waals surface area contributed by atoms with E-state index in [-0.39, 0.29) is 10.6 Å². The molecule has 1 heterocycles. The van der Waals surface area contributed by atoms with E-state index in [4.69, 9.17) is 11.6 Å². The normalized spacial score (nSPS) is 11.2. The first kappa shape index (κ1) is 15.7. The molecule has 0 unspecified atom stereocenters. The fourth-order valence-corrected chi connectivity index (χ4v) is 2.23. The Balaban J connectivity index is 2.00. The number of pyridine rings is 1. The monoisotopic (exact) mass is 332 g/mol. The van der Waals surface area contributed by atoms with Crippen LogP contribution in [0.5, 0.6) is 0 Å². The van der Waals surface area contributed by atoms with Crippen molar-refractivity contribution in [2.75, 3.05) is 0 Å². The van der Waals surface area contributed by atoms with Crippen LogP contribution in [-0.4, -0.2) is 10.9 Å². The van der Waals surface area contributed by atoms with Gasteiger partial charge >= 0.3 is 6.18 Å². The molecule has 21 heavy (non-hydrogen) atoms. The summed E-state index contributed by atoms with van der Waals surface area (Å²) in [6.45, 7) is 0. The van der Waals surface area contributed by atoms with E-state index in [1.165, 1.54) is 30.6 Å². The second-order valence-electron chi connectivity index (χ2n) is 3.91. The Hall–Kier alpha value is -1.73. The van der Waals surface area contributed by atoms with Gasteiger partial charge in [0.2, 0.25) is 0 Å². The summed E-state index contributed by atoms with van der Waals surface area (Å²) in [6.07, 6.45) is -1.63. The summed E-state index contributed by atoms with van der Waals surface area (Å²) in [7, 11) is 0. The van der Waals surface area contributed by atoms with E-state index in [0.29, 0.717) is 4.90 Å². The van der Waals surface area contributed by atoms with Gasteiger partial charge in [-0.2, -0.15) is 13.2 Å². The highest BCUT2D eigenvalue weighted by molar-refractivity contribution is 7.98. The molecule has 1 aromatic carbocycles. The van der Waals surface area contributed by atoms with E-state index in [2.05, 4.69) is 9.71 Å². The minimum absolute atomic E-state index is 0.197. The number of rotatable bonds is 3. The van der Waals surface area contributed by atoms with Crippen LogP contribution in [0, 0.1) is 0 Å². The van der Waals surface area contributed by atoms with E-state index >= 15 is 0 Å². The van der Waals surface area contributed by atoms with E-state index in [1.807, 2.05) is 0 Å². The number of carbonyl (C=O) groups is 1. The zero-order valence-electron chi connectivity index (χ0n) is 10.3. The van der Waals surface area contributed by atoms with Crippen LogP contribution in [0.1, 0.15) is 15.9 Å². The predicted octanol–water partition coefficient (Wildman–Crippen LogP) is 4.19. The van der Waals surface area contributed by atoms with Crippen LogP contribution < -0.4 is 4.72 Å². The number of nitrogens with zero attached hydrogens (tertiary/aromatic N) is 1. The number of nitrogens with one attached hydrogen (secondary N) is 1. The lowest BCUT2D eigenvalue weighted by Gasteiger charge is -2.08. The van der Waals surface area contributed by atoms with Gasteiger partial charge in [-0.25, -0.2) is 0 Å². The highest BCUT2D eigenvalue weighted by Crippen LogP contribution is 2.30. The molecule has 2 aromatic rings. The fraction of sp³-hybridized carbons (Fsp3) is 0.0769. The summed E-state index contributed by atoms with van der Waals surface area (Å²) in [6, 6.07) is 5.91. The summed E-state index contributed by atoms with van der Waals surface area (Å²) in [5.74, 6) is -0.452.